The van der Waals surface area contributed by atoms with Gasteiger partial charge in [0, 0.05) is 6.20 Å². The van der Waals surface area contributed by atoms with Crippen molar-refractivity contribution in [3.8, 4) is 0 Å². The highest BCUT2D eigenvalue weighted by atomic mass is 19.3. The van der Waals surface area contributed by atoms with Crippen molar-refractivity contribution in [3.63, 3.8) is 0 Å². The molecule has 1 saturated heterocycles. The number of ether oxygens (including phenoxy) is 2. The van der Waals surface area contributed by atoms with Crippen LogP contribution in [0.4, 0.5) is 19.4 Å². The van der Waals surface area contributed by atoms with Crippen molar-refractivity contribution in [1.82, 2.24) is 9.55 Å². The van der Waals surface area contributed by atoms with Crippen molar-refractivity contribution in [1.29, 1.82) is 0 Å². The Morgan fingerprint density at radius 3 is 2.64 bits per heavy atom. The molecule has 0 aliphatic carbocycles. The van der Waals surface area contributed by atoms with Crippen LogP contribution in [-0.2, 0) is 9.47 Å². The monoisotopic (exact) mass is 361 g/mol. The number of anilines is 1. The maximum atomic E-state index is 14.3. The lowest BCUT2D eigenvalue weighted by Crippen LogP contribution is -2.38. The first-order valence-electron chi connectivity index (χ1n) is 7.69. The SMILES string of the molecule is CC1C(CO)OC(n2ccc(NC(=O)OC(C)(C)C)nc2=O)C1(F)F. The molecule has 0 aromatic carbocycles. The highest BCUT2D eigenvalue weighted by Gasteiger charge is 2.57. The second-order valence-corrected chi connectivity index (χ2v) is 6.80. The third-order valence-corrected chi connectivity index (χ3v) is 3.69. The fraction of sp³-hybridized carbons (Fsp3) is 0.667. The maximum Gasteiger partial charge on any atom is 0.413 e. The minimum atomic E-state index is -3.36. The number of aliphatic hydroxyl groups is 1. The maximum absolute atomic E-state index is 14.3. The number of amides is 1. The van der Waals surface area contributed by atoms with E-state index in [-0.39, 0.29) is 5.82 Å². The molecule has 2 rings (SSSR count). The molecule has 1 aliphatic rings. The third-order valence-electron chi connectivity index (χ3n) is 3.69. The van der Waals surface area contributed by atoms with Crippen LogP contribution in [0, 0.1) is 5.92 Å². The second-order valence-electron chi connectivity index (χ2n) is 6.80. The van der Waals surface area contributed by atoms with Gasteiger partial charge in [0.15, 0.2) is 0 Å². The molecule has 0 bridgehead atoms. The molecular formula is C15H21F2N3O5. The molecule has 1 fully saturated rings. The Labute approximate surface area is 142 Å². The van der Waals surface area contributed by atoms with E-state index in [4.69, 9.17) is 14.6 Å². The van der Waals surface area contributed by atoms with Crippen molar-refractivity contribution in [2.75, 3.05) is 11.9 Å². The number of carbonyl (C=O) groups excluding carboxylic acids is 1. The van der Waals surface area contributed by atoms with Gasteiger partial charge in [-0.05, 0) is 26.8 Å². The lowest BCUT2D eigenvalue weighted by atomic mass is 10.00. The summed E-state index contributed by atoms with van der Waals surface area (Å²) in [4.78, 5) is 27.3. The predicted octanol–water partition coefficient (Wildman–Crippen LogP) is 1.75. The van der Waals surface area contributed by atoms with E-state index < -0.39 is 48.2 Å². The van der Waals surface area contributed by atoms with Gasteiger partial charge in [0.25, 0.3) is 5.92 Å². The fourth-order valence-electron chi connectivity index (χ4n) is 2.37. The first-order chi connectivity index (χ1) is 11.5. The molecule has 0 radical (unpaired) electrons. The van der Waals surface area contributed by atoms with Gasteiger partial charge in [0.2, 0.25) is 6.23 Å². The van der Waals surface area contributed by atoms with E-state index in [0.29, 0.717) is 4.57 Å². The molecule has 8 nitrogen and oxygen atoms in total. The van der Waals surface area contributed by atoms with Gasteiger partial charge in [0.05, 0.1) is 18.6 Å². The highest BCUT2D eigenvalue weighted by molar-refractivity contribution is 5.83. The average molecular weight is 361 g/mol. The minimum Gasteiger partial charge on any atom is -0.444 e. The summed E-state index contributed by atoms with van der Waals surface area (Å²) in [5, 5.41) is 11.4. The minimum absolute atomic E-state index is 0.136. The molecule has 1 aliphatic heterocycles. The van der Waals surface area contributed by atoms with Crippen LogP contribution >= 0.6 is 0 Å². The molecule has 10 heteroatoms. The zero-order valence-electron chi connectivity index (χ0n) is 14.3. The molecule has 2 heterocycles. The summed E-state index contributed by atoms with van der Waals surface area (Å²) in [6.07, 6.45) is -2.75. The molecule has 1 aromatic heterocycles. The number of aliphatic hydroxyl groups excluding tert-OH is 1. The van der Waals surface area contributed by atoms with Crippen molar-refractivity contribution in [3.05, 3.63) is 22.7 Å². The summed E-state index contributed by atoms with van der Waals surface area (Å²) in [7, 11) is 0. The van der Waals surface area contributed by atoms with Crippen LogP contribution in [0.5, 0.6) is 0 Å². The number of nitrogens with one attached hydrogen (secondary N) is 1. The number of aromatic nitrogens is 2. The van der Waals surface area contributed by atoms with E-state index in [2.05, 4.69) is 10.3 Å². The van der Waals surface area contributed by atoms with Crippen molar-refractivity contribution in [2.45, 2.75) is 51.6 Å². The van der Waals surface area contributed by atoms with Gasteiger partial charge >= 0.3 is 11.8 Å². The molecule has 1 amide bonds. The van der Waals surface area contributed by atoms with Gasteiger partial charge in [-0.3, -0.25) is 9.88 Å². The average Bonchev–Trinajstić information content (AvgIpc) is 2.68. The molecular weight excluding hydrogens is 340 g/mol. The number of halogens is 2. The van der Waals surface area contributed by atoms with Crippen molar-refractivity contribution >= 4 is 11.9 Å². The smallest absolute Gasteiger partial charge is 0.413 e. The predicted molar refractivity (Wildman–Crippen MR) is 83.5 cm³/mol. The molecule has 1 aromatic rings. The molecule has 3 atom stereocenters. The molecule has 25 heavy (non-hydrogen) atoms. The van der Waals surface area contributed by atoms with Crippen LogP contribution in [0.1, 0.15) is 33.9 Å². The van der Waals surface area contributed by atoms with Gasteiger partial charge in [-0.1, -0.05) is 6.92 Å². The van der Waals surface area contributed by atoms with Crippen LogP contribution in [0.15, 0.2) is 17.1 Å². The van der Waals surface area contributed by atoms with E-state index in [1.165, 1.54) is 13.0 Å². The zero-order chi connectivity index (χ0) is 19.0. The van der Waals surface area contributed by atoms with E-state index in [0.717, 1.165) is 6.20 Å². The van der Waals surface area contributed by atoms with Gasteiger partial charge < -0.3 is 14.6 Å². The number of carbonyl (C=O) groups is 1. The Hall–Kier alpha value is -2.07. The summed E-state index contributed by atoms with van der Waals surface area (Å²) in [5.74, 6) is -4.77. The van der Waals surface area contributed by atoms with Gasteiger partial charge in [-0.2, -0.15) is 4.98 Å². The van der Waals surface area contributed by atoms with Crippen LogP contribution in [0.3, 0.4) is 0 Å². The van der Waals surface area contributed by atoms with E-state index >= 15 is 0 Å². The number of hydrogen-bond donors (Lipinski definition) is 2. The van der Waals surface area contributed by atoms with Gasteiger partial charge in [-0.25, -0.2) is 18.4 Å². The summed E-state index contributed by atoms with van der Waals surface area (Å²) < 4.78 is 39.3. The zero-order valence-corrected chi connectivity index (χ0v) is 14.3. The molecule has 2 N–H and O–H groups in total. The van der Waals surface area contributed by atoms with E-state index in [1.807, 2.05) is 0 Å². The normalized spacial score (nSPS) is 25.6. The quantitative estimate of drug-likeness (QED) is 0.850. The van der Waals surface area contributed by atoms with Gasteiger partial charge in [-0.15, -0.1) is 0 Å². The number of nitrogens with zero attached hydrogens (tertiary/aromatic N) is 2. The Morgan fingerprint density at radius 2 is 2.16 bits per heavy atom. The number of alkyl halides is 2. The molecule has 0 spiro atoms. The Morgan fingerprint density at radius 1 is 1.52 bits per heavy atom. The van der Waals surface area contributed by atoms with Crippen LogP contribution in [0.2, 0.25) is 0 Å². The second kappa shape index (κ2) is 6.68. The fourth-order valence-corrected chi connectivity index (χ4v) is 2.37. The Kier molecular flexibility index (Phi) is 5.14. The first kappa shape index (κ1) is 19.3. The first-order valence-corrected chi connectivity index (χ1v) is 7.69. The van der Waals surface area contributed by atoms with Crippen LogP contribution in [0.25, 0.3) is 0 Å². The largest absolute Gasteiger partial charge is 0.444 e. The van der Waals surface area contributed by atoms with Crippen LogP contribution in [-0.4, -0.2) is 45.0 Å². The Balaban J connectivity index is 2.20. The summed E-state index contributed by atoms with van der Waals surface area (Å²) >= 11 is 0. The number of rotatable bonds is 3. The topological polar surface area (TPSA) is 103 Å². The van der Waals surface area contributed by atoms with Crippen molar-refractivity contribution < 1.29 is 28.2 Å². The lowest BCUT2D eigenvalue weighted by molar-refractivity contribution is -0.126. The third kappa shape index (κ3) is 4.13. The Bertz CT molecular complexity index is 701. The lowest BCUT2D eigenvalue weighted by Gasteiger charge is -2.22. The standard InChI is InChI=1S/C15H21F2N3O5/c1-8-9(7-21)24-11(15(8,16)17)20-6-5-10(18-12(20)22)19-13(23)25-14(2,3)4/h5-6,8-9,11,21H,7H2,1-4H3,(H,18,19,22,23). The van der Waals surface area contributed by atoms with Gasteiger partial charge in [0.1, 0.15) is 11.4 Å². The van der Waals surface area contributed by atoms with Crippen molar-refractivity contribution in [2.24, 2.45) is 5.92 Å². The molecule has 3 unspecified atom stereocenters. The van der Waals surface area contributed by atoms with E-state index in [9.17, 15) is 18.4 Å². The summed E-state index contributed by atoms with van der Waals surface area (Å²) in [6, 6.07) is 1.18. The summed E-state index contributed by atoms with van der Waals surface area (Å²) in [6.45, 7) is 5.63. The number of hydrogen-bond acceptors (Lipinski definition) is 6. The summed E-state index contributed by atoms with van der Waals surface area (Å²) in [5.41, 5.74) is -1.77. The molecule has 140 valence electrons. The highest BCUT2D eigenvalue weighted by Crippen LogP contribution is 2.45. The molecule has 0 saturated carbocycles. The van der Waals surface area contributed by atoms with Crippen LogP contribution < -0.4 is 11.0 Å². The van der Waals surface area contributed by atoms with E-state index in [1.54, 1.807) is 20.8 Å².